The molecule has 25 heavy (non-hydrogen) atoms. The Kier molecular flexibility index (Phi) is 5.24. The van der Waals surface area contributed by atoms with Gasteiger partial charge in [0, 0.05) is 0 Å². The van der Waals surface area contributed by atoms with Gasteiger partial charge in [0.1, 0.15) is 17.2 Å². The summed E-state index contributed by atoms with van der Waals surface area (Å²) in [5, 5.41) is 0. The summed E-state index contributed by atoms with van der Waals surface area (Å²) in [6.45, 7) is 5.10. The number of rotatable bonds is 6. The minimum atomic E-state index is -0.886. The number of para-hydroxylation sites is 3. The lowest BCUT2D eigenvalue weighted by Crippen LogP contribution is -2.31. The normalized spacial score (nSPS) is 10.6. The summed E-state index contributed by atoms with van der Waals surface area (Å²) < 4.78 is 18.1. The Labute approximate surface area is 148 Å². The van der Waals surface area contributed by atoms with E-state index in [1.807, 2.05) is 93.6 Å². The fourth-order valence-corrected chi connectivity index (χ4v) is 2.45. The van der Waals surface area contributed by atoms with E-state index >= 15 is 0 Å². The van der Waals surface area contributed by atoms with Gasteiger partial charge in [-0.1, -0.05) is 54.6 Å². The first-order chi connectivity index (χ1) is 12.1. The van der Waals surface area contributed by atoms with Gasteiger partial charge in [-0.05, 0) is 55.7 Å². The van der Waals surface area contributed by atoms with Crippen LogP contribution in [0.15, 0.2) is 72.8 Å². The predicted octanol–water partition coefficient (Wildman–Crippen LogP) is 5.43. The summed E-state index contributed by atoms with van der Waals surface area (Å²) in [6.07, 6.45) is 0. The second-order valence-corrected chi connectivity index (χ2v) is 5.94. The van der Waals surface area contributed by atoms with E-state index < -0.39 is 6.48 Å². The van der Waals surface area contributed by atoms with Crippen molar-refractivity contribution in [3.05, 3.63) is 89.5 Å². The van der Waals surface area contributed by atoms with Gasteiger partial charge < -0.3 is 14.2 Å². The van der Waals surface area contributed by atoms with E-state index in [9.17, 15) is 0 Å². The first-order valence-electron chi connectivity index (χ1n) is 8.30. The van der Waals surface area contributed by atoms with Crippen molar-refractivity contribution in [2.24, 2.45) is 0 Å². The lowest BCUT2D eigenvalue weighted by Gasteiger charge is -2.23. The molecule has 128 valence electrons. The molecular weight excluding hydrogens is 312 g/mol. The van der Waals surface area contributed by atoms with Crippen LogP contribution in [0.3, 0.4) is 0 Å². The second-order valence-electron chi connectivity index (χ2n) is 5.94. The summed E-state index contributed by atoms with van der Waals surface area (Å²) in [4.78, 5) is 0. The fraction of sp³-hybridized carbons (Fsp3) is 0.182. The quantitative estimate of drug-likeness (QED) is 0.562. The molecule has 0 aliphatic rings. The zero-order chi connectivity index (χ0) is 17.6. The minimum Gasteiger partial charge on any atom is -0.423 e. The standard InChI is InChI=1S/C22H22O3/c1-16-10-4-7-13-19(16)23-22(24-20-14-8-5-11-17(20)2)25-21-15-9-6-12-18(21)3/h4-15,22H,1-3H3. The predicted molar refractivity (Wildman–Crippen MR) is 99.2 cm³/mol. The first-order valence-corrected chi connectivity index (χ1v) is 8.30. The molecule has 0 atom stereocenters. The third-order valence-electron chi connectivity index (χ3n) is 3.95. The molecule has 3 aromatic carbocycles. The Morgan fingerprint density at radius 1 is 0.480 bits per heavy atom. The molecule has 0 fully saturated rings. The molecular formula is C22H22O3. The van der Waals surface area contributed by atoms with Crippen LogP contribution in [0.25, 0.3) is 0 Å². The third-order valence-corrected chi connectivity index (χ3v) is 3.95. The molecule has 0 radical (unpaired) electrons. The molecule has 0 aliphatic heterocycles. The summed E-state index contributed by atoms with van der Waals surface area (Å²) in [5.41, 5.74) is 3.07. The van der Waals surface area contributed by atoms with Crippen LogP contribution in [0.4, 0.5) is 0 Å². The van der Waals surface area contributed by atoms with E-state index in [1.165, 1.54) is 0 Å². The molecule has 0 amide bonds. The maximum atomic E-state index is 6.02. The fourth-order valence-electron chi connectivity index (χ4n) is 2.45. The maximum absolute atomic E-state index is 6.02. The lowest BCUT2D eigenvalue weighted by atomic mass is 10.2. The Morgan fingerprint density at radius 3 is 1.04 bits per heavy atom. The number of hydrogen-bond acceptors (Lipinski definition) is 3. The number of ether oxygens (including phenoxy) is 3. The van der Waals surface area contributed by atoms with Gasteiger partial charge in [0.25, 0.3) is 0 Å². The highest BCUT2D eigenvalue weighted by molar-refractivity contribution is 5.35. The first kappa shape index (κ1) is 16.9. The number of benzene rings is 3. The van der Waals surface area contributed by atoms with Gasteiger partial charge in [-0.3, -0.25) is 0 Å². The number of aryl methyl sites for hydroxylation is 3. The SMILES string of the molecule is Cc1ccccc1OC(Oc1ccccc1C)Oc1ccccc1C. The average Bonchev–Trinajstić information content (AvgIpc) is 2.61. The molecule has 3 aromatic rings. The molecule has 0 saturated heterocycles. The smallest absolute Gasteiger partial charge is 0.406 e. The van der Waals surface area contributed by atoms with Crippen LogP contribution in [0.1, 0.15) is 16.7 Å². The highest BCUT2D eigenvalue weighted by Gasteiger charge is 2.17. The minimum absolute atomic E-state index is 0.731. The van der Waals surface area contributed by atoms with E-state index in [0.29, 0.717) is 0 Å². The Balaban J connectivity index is 1.86. The van der Waals surface area contributed by atoms with Gasteiger partial charge in [0.15, 0.2) is 0 Å². The molecule has 0 N–H and O–H groups in total. The topological polar surface area (TPSA) is 27.7 Å². The van der Waals surface area contributed by atoms with Crippen molar-refractivity contribution in [3.8, 4) is 17.2 Å². The van der Waals surface area contributed by atoms with Crippen LogP contribution in [0.2, 0.25) is 0 Å². The average molecular weight is 334 g/mol. The second kappa shape index (κ2) is 7.75. The van der Waals surface area contributed by atoms with E-state index in [4.69, 9.17) is 14.2 Å². The van der Waals surface area contributed by atoms with Gasteiger partial charge >= 0.3 is 6.48 Å². The Morgan fingerprint density at radius 2 is 0.760 bits per heavy atom. The van der Waals surface area contributed by atoms with E-state index in [1.54, 1.807) is 0 Å². The molecule has 0 spiro atoms. The van der Waals surface area contributed by atoms with Crippen molar-refractivity contribution in [3.63, 3.8) is 0 Å². The molecule has 0 saturated carbocycles. The molecule has 3 rings (SSSR count). The summed E-state index contributed by atoms with van der Waals surface area (Å²) in [5.74, 6) is 2.19. The van der Waals surface area contributed by atoms with E-state index in [0.717, 1.165) is 33.9 Å². The molecule has 0 bridgehead atoms. The van der Waals surface area contributed by atoms with Crippen LogP contribution in [0.5, 0.6) is 17.2 Å². The van der Waals surface area contributed by atoms with Gasteiger partial charge in [0.2, 0.25) is 0 Å². The van der Waals surface area contributed by atoms with Crippen LogP contribution in [0, 0.1) is 20.8 Å². The van der Waals surface area contributed by atoms with Crippen LogP contribution in [-0.4, -0.2) is 6.48 Å². The van der Waals surface area contributed by atoms with Crippen molar-refractivity contribution >= 4 is 0 Å². The van der Waals surface area contributed by atoms with Crippen molar-refractivity contribution in [1.29, 1.82) is 0 Å². The van der Waals surface area contributed by atoms with Crippen LogP contribution in [-0.2, 0) is 0 Å². The molecule has 0 aliphatic carbocycles. The van der Waals surface area contributed by atoms with Gasteiger partial charge in [-0.25, -0.2) is 0 Å². The zero-order valence-electron chi connectivity index (χ0n) is 14.7. The highest BCUT2D eigenvalue weighted by Crippen LogP contribution is 2.25. The maximum Gasteiger partial charge on any atom is 0.406 e. The van der Waals surface area contributed by atoms with Crippen molar-refractivity contribution in [2.45, 2.75) is 27.2 Å². The summed E-state index contributed by atoms with van der Waals surface area (Å²) >= 11 is 0. The largest absolute Gasteiger partial charge is 0.423 e. The summed E-state index contributed by atoms with van der Waals surface area (Å²) in [6, 6.07) is 23.4. The zero-order valence-corrected chi connectivity index (χ0v) is 14.7. The Bertz CT molecular complexity index is 729. The van der Waals surface area contributed by atoms with Crippen molar-refractivity contribution < 1.29 is 14.2 Å². The van der Waals surface area contributed by atoms with Gasteiger partial charge in [0.05, 0.1) is 0 Å². The van der Waals surface area contributed by atoms with E-state index in [-0.39, 0.29) is 0 Å². The van der Waals surface area contributed by atoms with Crippen LogP contribution >= 0.6 is 0 Å². The molecule has 0 aromatic heterocycles. The van der Waals surface area contributed by atoms with Crippen LogP contribution < -0.4 is 14.2 Å². The number of hydrogen-bond donors (Lipinski definition) is 0. The van der Waals surface area contributed by atoms with E-state index in [2.05, 4.69) is 0 Å². The van der Waals surface area contributed by atoms with Crippen molar-refractivity contribution in [1.82, 2.24) is 0 Å². The lowest BCUT2D eigenvalue weighted by molar-refractivity contribution is -0.141. The van der Waals surface area contributed by atoms with Gasteiger partial charge in [-0.2, -0.15) is 0 Å². The van der Waals surface area contributed by atoms with Gasteiger partial charge in [-0.15, -0.1) is 0 Å². The molecule has 0 unspecified atom stereocenters. The molecule has 3 heteroatoms. The highest BCUT2D eigenvalue weighted by atomic mass is 16.8. The third kappa shape index (κ3) is 4.32. The summed E-state index contributed by atoms with van der Waals surface area (Å²) in [7, 11) is 0. The Hall–Kier alpha value is -2.94. The van der Waals surface area contributed by atoms with Crippen molar-refractivity contribution in [2.75, 3.05) is 0 Å². The molecule has 0 heterocycles. The monoisotopic (exact) mass is 334 g/mol. The molecule has 3 nitrogen and oxygen atoms in total.